The van der Waals surface area contributed by atoms with Gasteiger partial charge in [0.25, 0.3) is 5.91 Å². The van der Waals surface area contributed by atoms with Gasteiger partial charge in [0.1, 0.15) is 0 Å². The molecule has 0 saturated heterocycles. The highest BCUT2D eigenvalue weighted by Crippen LogP contribution is 2.36. The maximum atomic E-state index is 13.1. The number of nitrogens with one attached hydrogen (secondary N) is 1. The van der Waals surface area contributed by atoms with Gasteiger partial charge in [-0.2, -0.15) is 0 Å². The van der Waals surface area contributed by atoms with Crippen LogP contribution in [0.2, 0.25) is 0 Å². The third-order valence-electron chi connectivity index (χ3n) is 6.99. The predicted octanol–water partition coefficient (Wildman–Crippen LogP) is 4.20. The minimum absolute atomic E-state index is 0.0990. The Balaban J connectivity index is 1.86. The van der Waals surface area contributed by atoms with E-state index < -0.39 is 5.91 Å². The lowest BCUT2D eigenvalue weighted by Gasteiger charge is -2.18. The molecule has 1 atom stereocenters. The molecule has 1 aromatic heterocycles. The largest absolute Gasteiger partial charge is 0.395 e. The molecule has 1 aliphatic rings. The van der Waals surface area contributed by atoms with Crippen LogP contribution in [0.5, 0.6) is 0 Å². The van der Waals surface area contributed by atoms with E-state index in [9.17, 15) is 14.7 Å². The second-order valence-corrected chi connectivity index (χ2v) is 9.36. The van der Waals surface area contributed by atoms with Crippen molar-refractivity contribution in [2.24, 2.45) is 11.7 Å². The van der Waals surface area contributed by atoms with Gasteiger partial charge in [-0.05, 0) is 60.9 Å². The summed E-state index contributed by atoms with van der Waals surface area (Å²) in [5.41, 5.74) is 11.2. The van der Waals surface area contributed by atoms with Crippen molar-refractivity contribution in [1.29, 1.82) is 0 Å². The van der Waals surface area contributed by atoms with Crippen molar-refractivity contribution >= 4 is 22.7 Å². The third-order valence-corrected chi connectivity index (χ3v) is 6.99. The molecule has 6 nitrogen and oxygen atoms in total. The Bertz CT molecular complexity index is 1180. The number of aryl methyl sites for hydroxylation is 1. The SMILES string of the molecule is CCCCC1CCCc2c(n(Cc3cccc(C(N)=O)c3)c3c(C(=O)NCCO)cccc23)C1. The van der Waals surface area contributed by atoms with Crippen molar-refractivity contribution in [3.05, 3.63) is 70.4 Å². The number of carbonyl (C=O) groups excluding carboxylic acids is 2. The highest BCUT2D eigenvalue weighted by atomic mass is 16.3. The van der Waals surface area contributed by atoms with E-state index in [0.717, 1.165) is 35.7 Å². The Hall–Kier alpha value is -3.12. The van der Waals surface area contributed by atoms with Crippen molar-refractivity contribution in [2.75, 3.05) is 13.2 Å². The van der Waals surface area contributed by atoms with E-state index >= 15 is 0 Å². The average molecular weight is 462 g/mol. The number of hydrogen-bond acceptors (Lipinski definition) is 3. The van der Waals surface area contributed by atoms with Gasteiger partial charge in [-0.3, -0.25) is 9.59 Å². The van der Waals surface area contributed by atoms with Crippen molar-refractivity contribution < 1.29 is 14.7 Å². The zero-order valence-corrected chi connectivity index (χ0v) is 20.0. The molecular formula is C28H35N3O3. The molecule has 1 unspecified atom stereocenters. The zero-order chi connectivity index (χ0) is 24.1. The molecule has 0 bridgehead atoms. The van der Waals surface area contributed by atoms with Crippen LogP contribution in [0.1, 0.15) is 76.6 Å². The molecule has 1 heterocycles. The zero-order valence-electron chi connectivity index (χ0n) is 20.0. The van der Waals surface area contributed by atoms with Crippen LogP contribution in [-0.2, 0) is 19.4 Å². The van der Waals surface area contributed by atoms with E-state index in [1.165, 1.54) is 36.9 Å². The molecule has 0 saturated carbocycles. The lowest BCUT2D eigenvalue weighted by atomic mass is 9.94. The van der Waals surface area contributed by atoms with Crippen LogP contribution < -0.4 is 11.1 Å². The predicted molar refractivity (Wildman–Crippen MR) is 135 cm³/mol. The highest BCUT2D eigenvalue weighted by Gasteiger charge is 2.26. The number of primary amides is 1. The van der Waals surface area contributed by atoms with Gasteiger partial charge in [-0.15, -0.1) is 0 Å². The van der Waals surface area contributed by atoms with Crippen molar-refractivity contribution in [3.8, 4) is 0 Å². The summed E-state index contributed by atoms with van der Waals surface area (Å²) in [4.78, 5) is 24.8. The summed E-state index contributed by atoms with van der Waals surface area (Å²) in [5, 5.41) is 13.2. The van der Waals surface area contributed by atoms with Crippen molar-refractivity contribution in [2.45, 2.75) is 58.4 Å². The van der Waals surface area contributed by atoms with Crippen LogP contribution in [0.4, 0.5) is 0 Å². The summed E-state index contributed by atoms with van der Waals surface area (Å²) in [5.74, 6) is 0.0107. The molecule has 4 N–H and O–H groups in total. The first-order valence-electron chi connectivity index (χ1n) is 12.4. The van der Waals surface area contributed by atoms with Crippen LogP contribution in [0.15, 0.2) is 42.5 Å². The van der Waals surface area contributed by atoms with Gasteiger partial charge >= 0.3 is 0 Å². The van der Waals surface area contributed by atoms with E-state index in [0.29, 0.717) is 23.6 Å². The van der Waals surface area contributed by atoms with Crippen molar-refractivity contribution in [1.82, 2.24) is 9.88 Å². The monoisotopic (exact) mass is 461 g/mol. The average Bonchev–Trinajstić information content (AvgIpc) is 2.99. The molecule has 1 aliphatic carbocycles. The Morgan fingerprint density at radius 2 is 2.03 bits per heavy atom. The molecule has 0 fully saturated rings. The number of amides is 2. The number of nitrogens with zero attached hydrogens (tertiary/aromatic N) is 1. The quantitative estimate of drug-likeness (QED) is 0.417. The van der Waals surface area contributed by atoms with Crippen LogP contribution in [0, 0.1) is 5.92 Å². The first-order chi connectivity index (χ1) is 16.5. The fraction of sp³-hybridized carbons (Fsp3) is 0.429. The first kappa shape index (κ1) is 24.0. The summed E-state index contributed by atoms with van der Waals surface area (Å²) in [6.07, 6.45) is 8.03. The number of aliphatic hydroxyl groups is 1. The molecule has 0 radical (unpaired) electrons. The van der Waals surface area contributed by atoms with Gasteiger partial charge in [0.05, 0.1) is 17.7 Å². The standard InChI is InChI=1S/C28H35N3O3/c1-2-3-7-19-8-5-11-22-23-12-6-13-24(28(34)30-14-15-32)26(23)31(25(22)17-19)18-20-9-4-10-21(16-20)27(29)33/h4,6,9-10,12-13,16,19,32H,2-3,5,7-8,11,14-15,17-18H2,1H3,(H2,29,33)(H,30,34). The Labute approximate surface area is 201 Å². The fourth-order valence-electron chi connectivity index (χ4n) is 5.35. The Kier molecular flexibility index (Phi) is 7.68. The van der Waals surface area contributed by atoms with E-state index in [1.54, 1.807) is 6.07 Å². The molecule has 2 amide bonds. The molecule has 4 rings (SSSR count). The number of para-hydroxylation sites is 1. The first-order valence-corrected chi connectivity index (χ1v) is 12.4. The normalized spacial score (nSPS) is 15.6. The van der Waals surface area contributed by atoms with Crippen LogP contribution in [0.3, 0.4) is 0 Å². The van der Waals surface area contributed by atoms with Crippen LogP contribution >= 0.6 is 0 Å². The maximum absolute atomic E-state index is 13.1. The minimum Gasteiger partial charge on any atom is -0.395 e. The lowest BCUT2D eigenvalue weighted by Crippen LogP contribution is -2.27. The van der Waals surface area contributed by atoms with Gasteiger partial charge in [-0.1, -0.05) is 50.5 Å². The van der Waals surface area contributed by atoms with Gasteiger partial charge in [0.2, 0.25) is 5.91 Å². The number of carbonyl (C=O) groups is 2. The smallest absolute Gasteiger partial charge is 0.253 e. The molecule has 34 heavy (non-hydrogen) atoms. The second-order valence-electron chi connectivity index (χ2n) is 9.36. The molecular weight excluding hydrogens is 426 g/mol. The minimum atomic E-state index is -0.443. The number of nitrogens with two attached hydrogens (primary N) is 1. The third kappa shape index (κ3) is 5.02. The Morgan fingerprint density at radius 3 is 2.79 bits per heavy atom. The van der Waals surface area contributed by atoms with E-state index in [-0.39, 0.29) is 19.1 Å². The number of aromatic nitrogens is 1. The number of hydrogen-bond donors (Lipinski definition) is 3. The number of rotatable bonds is 9. The molecule has 180 valence electrons. The van der Waals surface area contributed by atoms with Gasteiger partial charge in [0.15, 0.2) is 0 Å². The lowest BCUT2D eigenvalue weighted by molar-refractivity contribution is 0.0945. The van der Waals surface area contributed by atoms with Crippen molar-refractivity contribution in [3.63, 3.8) is 0 Å². The summed E-state index contributed by atoms with van der Waals surface area (Å²) >= 11 is 0. The molecule has 3 aromatic rings. The van der Waals surface area contributed by atoms with Gasteiger partial charge < -0.3 is 20.7 Å². The van der Waals surface area contributed by atoms with Gasteiger partial charge in [0, 0.05) is 29.7 Å². The van der Waals surface area contributed by atoms with Crippen LogP contribution in [-0.4, -0.2) is 34.6 Å². The number of benzene rings is 2. The molecule has 0 aliphatic heterocycles. The topological polar surface area (TPSA) is 97.4 Å². The van der Waals surface area contributed by atoms with Gasteiger partial charge in [-0.25, -0.2) is 0 Å². The molecule has 0 spiro atoms. The highest BCUT2D eigenvalue weighted by molar-refractivity contribution is 6.07. The van der Waals surface area contributed by atoms with E-state index in [4.69, 9.17) is 5.73 Å². The van der Waals surface area contributed by atoms with Crippen LogP contribution in [0.25, 0.3) is 10.9 Å². The number of fused-ring (bicyclic) bond motifs is 3. The fourth-order valence-corrected chi connectivity index (χ4v) is 5.35. The maximum Gasteiger partial charge on any atom is 0.253 e. The second kappa shape index (κ2) is 10.9. The summed E-state index contributed by atoms with van der Waals surface area (Å²) in [6.45, 7) is 2.92. The summed E-state index contributed by atoms with van der Waals surface area (Å²) in [7, 11) is 0. The summed E-state index contributed by atoms with van der Waals surface area (Å²) in [6, 6.07) is 13.4. The summed E-state index contributed by atoms with van der Waals surface area (Å²) < 4.78 is 2.29. The molecule has 2 aromatic carbocycles. The number of aliphatic hydroxyl groups excluding tert-OH is 1. The Morgan fingerprint density at radius 1 is 1.21 bits per heavy atom. The molecule has 6 heteroatoms. The van der Waals surface area contributed by atoms with E-state index in [1.807, 2.05) is 30.3 Å². The number of unbranched alkanes of at least 4 members (excludes halogenated alkanes) is 1. The van der Waals surface area contributed by atoms with E-state index in [2.05, 4.69) is 22.9 Å².